The minimum atomic E-state index is -1.15. The lowest BCUT2D eigenvalue weighted by Crippen LogP contribution is -2.50. The number of halogens is 1. The van der Waals surface area contributed by atoms with E-state index < -0.39 is 35.6 Å². The van der Waals surface area contributed by atoms with Crippen LogP contribution in [0.1, 0.15) is 72.0 Å². The van der Waals surface area contributed by atoms with Crippen LogP contribution < -0.4 is 15.4 Å². The highest BCUT2D eigenvalue weighted by Crippen LogP contribution is 2.42. The number of hydrogen-bond donors (Lipinski definition) is 3. The molecule has 5 aromatic rings. The predicted octanol–water partition coefficient (Wildman–Crippen LogP) is 7.18. The van der Waals surface area contributed by atoms with E-state index >= 15 is 0 Å². The van der Waals surface area contributed by atoms with Gasteiger partial charge in [0, 0.05) is 73.8 Å². The molecular weight excluding hydrogens is 938 g/mol. The van der Waals surface area contributed by atoms with Crippen LogP contribution in [0.25, 0.3) is 32.8 Å². The number of amides is 5. The van der Waals surface area contributed by atoms with Crippen molar-refractivity contribution in [2.45, 2.75) is 78.8 Å². The number of likely N-dealkylation sites (tertiary alicyclic amines) is 1. The Morgan fingerprint density at radius 3 is 2.57 bits per heavy atom. The molecular formula is C55H62ClN7O9. The van der Waals surface area contributed by atoms with Gasteiger partial charge in [0.05, 0.1) is 40.6 Å². The summed E-state index contributed by atoms with van der Waals surface area (Å²) in [7, 11) is 1.88. The molecule has 0 radical (unpaired) electrons. The van der Waals surface area contributed by atoms with Crippen molar-refractivity contribution in [1.29, 1.82) is 0 Å². The van der Waals surface area contributed by atoms with Gasteiger partial charge in [0.25, 0.3) is 11.8 Å². The topological polar surface area (TPSA) is 194 Å². The van der Waals surface area contributed by atoms with Crippen molar-refractivity contribution in [3.05, 3.63) is 118 Å². The van der Waals surface area contributed by atoms with Crippen molar-refractivity contribution >= 4 is 68.8 Å². The highest BCUT2D eigenvalue weighted by molar-refractivity contribution is 6.35. The van der Waals surface area contributed by atoms with Gasteiger partial charge in [-0.15, -0.1) is 0 Å². The van der Waals surface area contributed by atoms with Crippen LogP contribution in [0.15, 0.2) is 84.5 Å². The van der Waals surface area contributed by atoms with Crippen LogP contribution in [0.3, 0.4) is 0 Å². The number of unbranched alkanes of at least 4 members (excludes halogenated alkanes) is 1. The number of nitrogens with zero attached hydrogens (tertiary/aromatic N) is 5. The molecule has 16 nitrogen and oxygen atoms in total. The minimum absolute atomic E-state index is 0.0114. The van der Waals surface area contributed by atoms with Crippen LogP contribution in [-0.2, 0) is 48.7 Å². The van der Waals surface area contributed by atoms with Gasteiger partial charge in [-0.1, -0.05) is 73.2 Å². The van der Waals surface area contributed by atoms with Gasteiger partial charge in [0.1, 0.15) is 24.1 Å². The molecule has 2 fully saturated rings. The lowest BCUT2D eigenvalue weighted by Gasteiger charge is -2.23. The molecule has 2 aromatic heterocycles. The maximum atomic E-state index is 13.6. The standard InChI is InChI=1S/C55H62ClN7O9/c1-7-8-14-40-42(54(68)63(53(40)67)44-16-12-18-46(64)58-52(44)66)30-71-31-47(65)61-28-33(3)37(29-61)27-57-23-24-62-50-39(21-22-43(56)49(50)48-34(4)59-60(6)35(48)5)38(51(62)55(69)70)15-9-10-25-72-45-17-11-13-36-20-19-32(2)26-41(36)45/h7-8,11,13-14,17,19-22,26,33,37,44,57H,1,9-10,12,15-16,18,23-25,27-31H2,2-6H3,(H,69,70)(H,58,64,66)/b14-8-. The van der Waals surface area contributed by atoms with Gasteiger partial charge in [-0.3, -0.25) is 38.9 Å². The van der Waals surface area contributed by atoms with Gasteiger partial charge in [0.2, 0.25) is 17.7 Å². The molecule has 0 saturated carbocycles. The van der Waals surface area contributed by atoms with Crippen LogP contribution in [0, 0.1) is 32.6 Å². The maximum Gasteiger partial charge on any atom is 0.352 e. The Kier molecular flexibility index (Phi) is 15.9. The summed E-state index contributed by atoms with van der Waals surface area (Å²) in [6.07, 6.45) is 6.86. The molecule has 0 aliphatic carbocycles. The molecule has 3 unspecified atom stereocenters. The summed E-state index contributed by atoms with van der Waals surface area (Å²) in [5, 5.41) is 25.0. The molecule has 3 aromatic carbocycles. The third kappa shape index (κ3) is 10.5. The van der Waals surface area contributed by atoms with Crippen molar-refractivity contribution in [3.8, 4) is 16.9 Å². The van der Waals surface area contributed by atoms with Crippen LogP contribution >= 0.6 is 11.6 Å². The monoisotopic (exact) mass is 999 g/mol. The molecule has 2 saturated heterocycles. The van der Waals surface area contributed by atoms with Crippen molar-refractivity contribution < 1.29 is 43.3 Å². The van der Waals surface area contributed by atoms with E-state index in [1.165, 1.54) is 18.2 Å². The number of rotatable bonds is 20. The summed E-state index contributed by atoms with van der Waals surface area (Å²) in [5.74, 6) is -2.84. The normalized spacial score (nSPS) is 18.6. The number of carbonyl (C=O) groups excluding carboxylic acids is 5. The first kappa shape index (κ1) is 51.5. The molecule has 3 aliphatic heterocycles. The SMILES string of the molecule is C=C/C=C\C1=C(COCC(=O)N2CC(C)C(CNCCn3c(C(=O)O)c(CCCCOc4cccc5ccc(C)cc45)c4ccc(Cl)c(-c5c(C)nn(C)c5C)c43)C2)C(=O)N(C2CCCC(=O)NC2=O)C1=O. The molecule has 378 valence electrons. The number of aromatic carboxylic acids is 1. The van der Waals surface area contributed by atoms with E-state index in [2.05, 4.69) is 60.4 Å². The Morgan fingerprint density at radius 1 is 1.01 bits per heavy atom. The third-order valence-corrected chi connectivity index (χ3v) is 14.6. The number of allylic oxidation sites excluding steroid dienone is 2. The Balaban J connectivity index is 0.927. The summed E-state index contributed by atoms with van der Waals surface area (Å²) in [6.45, 7) is 13.7. The number of fused-ring (bicyclic) bond motifs is 2. The number of ether oxygens (including phenoxy) is 2. The zero-order chi connectivity index (χ0) is 51.4. The number of aromatic nitrogens is 3. The third-order valence-electron chi connectivity index (χ3n) is 14.2. The molecule has 0 spiro atoms. The molecule has 17 heteroatoms. The summed E-state index contributed by atoms with van der Waals surface area (Å²) < 4.78 is 15.8. The van der Waals surface area contributed by atoms with Gasteiger partial charge in [-0.05, 0) is 99.9 Å². The van der Waals surface area contributed by atoms with E-state index in [4.69, 9.17) is 21.1 Å². The van der Waals surface area contributed by atoms with Gasteiger partial charge in [-0.2, -0.15) is 5.10 Å². The minimum Gasteiger partial charge on any atom is -0.493 e. The van der Waals surface area contributed by atoms with E-state index in [1.807, 2.05) is 54.4 Å². The van der Waals surface area contributed by atoms with Crippen molar-refractivity contribution in [3.63, 3.8) is 0 Å². The summed E-state index contributed by atoms with van der Waals surface area (Å²) >= 11 is 7.08. The van der Waals surface area contributed by atoms with Crippen LogP contribution in [0.4, 0.5) is 0 Å². The average Bonchev–Trinajstić information content (AvgIpc) is 3.98. The summed E-state index contributed by atoms with van der Waals surface area (Å²) in [4.78, 5) is 81.5. The summed E-state index contributed by atoms with van der Waals surface area (Å²) in [6, 6.07) is 15.0. The molecule has 8 rings (SSSR count). The summed E-state index contributed by atoms with van der Waals surface area (Å²) in [5.41, 5.74) is 6.19. The second-order valence-electron chi connectivity index (χ2n) is 19.1. The highest BCUT2D eigenvalue weighted by atomic mass is 35.5. The van der Waals surface area contributed by atoms with E-state index in [0.717, 1.165) is 66.0 Å². The van der Waals surface area contributed by atoms with E-state index in [-0.39, 0.29) is 60.6 Å². The smallest absolute Gasteiger partial charge is 0.352 e. The van der Waals surface area contributed by atoms with Crippen molar-refractivity contribution in [1.82, 2.24) is 34.8 Å². The zero-order valence-corrected chi connectivity index (χ0v) is 42.3. The molecule has 5 heterocycles. The fourth-order valence-electron chi connectivity index (χ4n) is 10.5. The molecule has 0 bridgehead atoms. The van der Waals surface area contributed by atoms with Gasteiger partial charge < -0.3 is 29.4 Å². The number of carboxylic acid groups (broad SMARTS) is 1. The quantitative estimate of drug-likeness (QED) is 0.0406. The largest absolute Gasteiger partial charge is 0.493 e. The number of nitrogens with one attached hydrogen (secondary N) is 2. The van der Waals surface area contributed by atoms with Gasteiger partial charge >= 0.3 is 5.97 Å². The average molecular weight is 1000 g/mol. The van der Waals surface area contributed by atoms with E-state index in [0.29, 0.717) is 70.0 Å². The maximum absolute atomic E-state index is 13.6. The lowest BCUT2D eigenvalue weighted by atomic mass is 9.98. The second kappa shape index (κ2) is 22.3. The molecule has 72 heavy (non-hydrogen) atoms. The van der Waals surface area contributed by atoms with Crippen LogP contribution in [0.2, 0.25) is 5.02 Å². The van der Waals surface area contributed by atoms with E-state index in [1.54, 1.807) is 4.90 Å². The Labute approximate surface area is 423 Å². The van der Waals surface area contributed by atoms with Crippen molar-refractivity contribution in [2.24, 2.45) is 18.9 Å². The molecule has 3 atom stereocenters. The Bertz CT molecular complexity index is 3060. The molecule has 3 N–H and O–H groups in total. The number of imide groups is 2. The van der Waals surface area contributed by atoms with Crippen LogP contribution in [0.5, 0.6) is 5.75 Å². The number of aryl methyl sites for hydroxylation is 4. The lowest BCUT2D eigenvalue weighted by molar-refractivity contribution is -0.147. The molecule has 3 aliphatic rings. The fourth-order valence-corrected chi connectivity index (χ4v) is 10.7. The number of hydrogen-bond acceptors (Lipinski definition) is 10. The second-order valence-corrected chi connectivity index (χ2v) is 19.5. The Hall–Kier alpha value is -6.88. The van der Waals surface area contributed by atoms with Crippen molar-refractivity contribution in [2.75, 3.05) is 46.0 Å². The number of benzene rings is 3. The first-order chi connectivity index (χ1) is 34.6. The highest BCUT2D eigenvalue weighted by Gasteiger charge is 2.45. The van der Waals surface area contributed by atoms with Gasteiger partial charge in [-0.25, -0.2) is 4.79 Å². The predicted molar refractivity (Wildman–Crippen MR) is 275 cm³/mol. The van der Waals surface area contributed by atoms with Gasteiger partial charge in [0.15, 0.2) is 0 Å². The Morgan fingerprint density at radius 2 is 1.82 bits per heavy atom. The first-order valence-corrected chi connectivity index (χ1v) is 25.0. The fraction of sp³-hybridized carbons (Fsp3) is 0.400. The van der Waals surface area contributed by atoms with Crippen LogP contribution in [-0.4, -0.2) is 117 Å². The zero-order valence-electron chi connectivity index (χ0n) is 41.5. The van der Waals surface area contributed by atoms with E-state index in [9.17, 15) is 33.9 Å². The first-order valence-electron chi connectivity index (χ1n) is 24.6. The number of carbonyl (C=O) groups is 6. The number of carboxylic acids is 1. The molecule has 5 amide bonds.